The van der Waals surface area contributed by atoms with E-state index < -0.39 is 0 Å². The fraction of sp³-hybridized carbons (Fsp3) is 0.462. The van der Waals surface area contributed by atoms with Crippen LogP contribution in [0.15, 0.2) is 17.8 Å². The Morgan fingerprint density at radius 3 is 2.85 bits per heavy atom. The Bertz CT molecular complexity index is 586. The molecule has 106 valence electrons. The van der Waals surface area contributed by atoms with E-state index >= 15 is 0 Å². The monoisotopic (exact) mass is 291 g/mol. The molecule has 0 bridgehead atoms. The molecule has 0 radical (unpaired) electrons. The molecule has 2 aromatic heterocycles. The first kappa shape index (κ1) is 13.1. The SMILES string of the molecule is Cc1csc(C2(NC(=O)Nc3cn[nH]c3)CCCC2)n1. The highest BCUT2D eigenvalue weighted by atomic mass is 32.1. The maximum absolute atomic E-state index is 12.2. The number of aromatic nitrogens is 3. The summed E-state index contributed by atoms with van der Waals surface area (Å²) >= 11 is 1.62. The van der Waals surface area contributed by atoms with Crippen LogP contribution in [-0.2, 0) is 5.54 Å². The lowest BCUT2D eigenvalue weighted by Gasteiger charge is -2.28. The normalized spacial score (nSPS) is 17.1. The van der Waals surface area contributed by atoms with E-state index in [9.17, 15) is 4.79 Å². The maximum atomic E-state index is 12.2. The largest absolute Gasteiger partial charge is 0.326 e. The van der Waals surface area contributed by atoms with Gasteiger partial charge < -0.3 is 10.6 Å². The highest BCUT2D eigenvalue weighted by Gasteiger charge is 2.39. The molecule has 1 aliphatic carbocycles. The van der Waals surface area contributed by atoms with Gasteiger partial charge in [0.05, 0.1) is 17.4 Å². The maximum Gasteiger partial charge on any atom is 0.320 e. The molecule has 0 aromatic carbocycles. The zero-order chi connectivity index (χ0) is 14.0. The molecule has 0 aliphatic heterocycles. The van der Waals surface area contributed by atoms with Gasteiger partial charge in [0, 0.05) is 17.3 Å². The molecular formula is C13H17N5OS. The molecule has 1 fully saturated rings. The summed E-state index contributed by atoms with van der Waals surface area (Å²) in [5, 5.41) is 15.4. The van der Waals surface area contributed by atoms with Crippen molar-refractivity contribution in [1.29, 1.82) is 0 Å². The van der Waals surface area contributed by atoms with Crippen LogP contribution in [0.5, 0.6) is 0 Å². The molecule has 2 heterocycles. The predicted octanol–water partition coefficient (Wildman–Crippen LogP) is 2.77. The van der Waals surface area contributed by atoms with E-state index in [0.29, 0.717) is 5.69 Å². The molecule has 0 spiro atoms. The number of hydrogen-bond acceptors (Lipinski definition) is 4. The molecular weight excluding hydrogens is 274 g/mol. The van der Waals surface area contributed by atoms with Gasteiger partial charge in [0.1, 0.15) is 5.01 Å². The third kappa shape index (κ3) is 2.53. The molecule has 2 amide bonds. The van der Waals surface area contributed by atoms with Gasteiger partial charge in [0.2, 0.25) is 0 Å². The number of nitrogens with one attached hydrogen (secondary N) is 3. The fourth-order valence-electron chi connectivity index (χ4n) is 2.64. The molecule has 3 N–H and O–H groups in total. The van der Waals surface area contributed by atoms with Crippen LogP contribution >= 0.6 is 11.3 Å². The van der Waals surface area contributed by atoms with Crippen molar-refractivity contribution in [3.63, 3.8) is 0 Å². The van der Waals surface area contributed by atoms with Gasteiger partial charge >= 0.3 is 6.03 Å². The molecule has 6 nitrogen and oxygen atoms in total. The second kappa shape index (κ2) is 5.24. The summed E-state index contributed by atoms with van der Waals surface area (Å²) in [6.07, 6.45) is 7.34. The molecule has 0 saturated heterocycles. The lowest BCUT2D eigenvalue weighted by atomic mass is 9.99. The zero-order valence-electron chi connectivity index (χ0n) is 11.3. The van der Waals surface area contributed by atoms with E-state index in [1.807, 2.05) is 12.3 Å². The first-order chi connectivity index (χ1) is 9.68. The minimum absolute atomic E-state index is 0.207. The third-order valence-corrected chi connectivity index (χ3v) is 4.76. The molecule has 1 aliphatic rings. The Morgan fingerprint density at radius 2 is 2.25 bits per heavy atom. The van der Waals surface area contributed by atoms with E-state index in [0.717, 1.165) is 36.4 Å². The molecule has 3 rings (SSSR count). The number of thiazole rings is 1. The van der Waals surface area contributed by atoms with Crippen molar-refractivity contribution < 1.29 is 4.79 Å². The van der Waals surface area contributed by atoms with Crippen LogP contribution in [0.25, 0.3) is 0 Å². The van der Waals surface area contributed by atoms with E-state index in [1.165, 1.54) is 0 Å². The minimum Gasteiger partial charge on any atom is -0.326 e. The van der Waals surface area contributed by atoms with Gasteiger partial charge in [-0.05, 0) is 19.8 Å². The molecule has 1 saturated carbocycles. The molecule has 0 atom stereocenters. The molecule has 7 heteroatoms. The number of anilines is 1. The van der Waals surface area contributed by atoms with Crippen molar-refractivity contribution in [2.45, 2.75) is 38.1 Å². The number of hydrogen-bond donors (Lipinski definition) is 3. The van der Waals surface area contributed by atoms with Crippen LogP contribution < -0.4 is 10.6 Å². The standard InChI is InChI=1S/C13H17N5OS/c1-9-8-20-11(16-9)13(4-2-3-5-13)18-12(19)17-10-6-14-15-7-10/h6-8H,2-5H2,1H3,(H,14,15)(H2,17,18,19). The summed E-state index contributed by atoms with van der Waals surface area (Å²) in [5.41, 5.74) is 1.35. The van der Waals surface area contributed by atoms with Crippen molar-refractivity contribution >= 4 is 23.1 Å². The van der Waals surface area contributed by atoms with Gasteiger partial charge in [0.25, 0.3) is 0 Å². The number of carbonyl (C=O) groups is 1. The van der Waals surface area contributed by atoms with Crippen LogP contribution in [-0.4, -0.2) is 21.2 Å². The number of H-pyrrole nitrogens is 1. The van der Waals surface area contributed by atoms with E-state index in [-0.39, 0.29) is 11.6 Å². The minimum atomic E-state index is -0.313. The smallest absolute Gasteiger partial charge is 0.320 e. The number of aromatic amines is 1. The highest BCUT2D eigenvalue weighted by Crippen LogP contribution is 2.40. The van der Waals surface area contributed by atoms with Gasteiger partial charge in [-0.15, -0.1) is 11.3 Å². The predicted molar refractivity (Wildman–Crippen MR) is 77.7 cm³/mol. The number of aryl methyl sites for hydroxylation is 1. The summed E-state index contributed by atoms with van der Waals surface area (Å²) in [6, 6.07) is -0.207. The van der Waals surface area contributed by atoms with Crippen molar-refractivity contribution in [2.75, 3.05) is 5.32 Å². The Kier molecular flexibility index (Phi) is 3.43. The van der Waals surface area contributed by atoms with Crippen LogP contribution in [0.1, 0.15) is 36.4 Å². The molecule has 2 aromatic rings. The number of nitrogens with zero attached hydrogens (tertiary/aromatic N) is 2. The van der Waals surface area contributed by atoms with E-state index in [2.05, 4.69) is 25.8 Å². The van der Waals surface area contributed by atoms with Crippen LogP contribution in [0.2, 0.25) is 0 Å². The quantitative estimate of drug-likeness (QED) is 0.813. The topological polar surface area (TPSA) is 82.7 Å². The second-order valence-corrected chi connectivity index (χ2v) is 6.01. The van der Waals surface area contributed by atoms with E-state index in [1.54, 1.807) is 23.7 Å². The van der Waals surface area contributed by atoms with Crippen molar-refractivity contribution in [1.82, 2.24) is 20.5 Å². The van der Waals surface area contributed by atoms with Gasteiger partial charge in [0.15, 0.2) is 0 Å². The average molecular weight is 291 g/mol. The zero-order valence-corrected chi connectivity index (χ0v) is 12.1. The number of carbonyl (C=O) groups excluding carboxylic acids is 1. The summed E-state index contributed by atoms with van der Waals surface area (Å²) in [6.45, 7) is 1.98. The fourth-order valence-corrected chi connectivity index (χ4v) is 3.66. The molecule has 20 heavy (non-hydrogen) atoms. The van der Waals surface area contributed by atoms with Crippen LogP contribution in [0.4, 0.5) is 10.5 Å². The number of rotatable bonds is 3. The molecule has 0 unspecified atom stereocenters. The summed E-state index contributed by atoms with van der Waals surface area (Å²) < 4.78 is 0. The van der Waals surface area contributed by atoms with Gasteiger partial charge in [-0.25, -0.2) is 9.78 Å². The Hall–Kier alpha value is -1.89. The summed E-state index contributed by atoms with van der Waals surface area (Å²) in [5.74, 6) is 0. The highest BCUT2D eigenvalue weighted by molar-refractivity contribution is 7.09. The first-order valence-electron chi connectivity index (χ1n) is 6.68. The van der Waals surface area contributed by atoms with Crippen LogP contribution in [0.3, 0.4) is 0 Å². The van der Waals surface area contributed by atoms with Crippen molar-refractivity contribution in [2.24, 2.45) is 0 Å². The van der Waals surface area contributed by atoms with Crippen LogP contribution in [0, 0.1) is 6.92 Å². The van der Waals surface area contributed by atoms with Crippen molar-refractivity contribution in [3.05, 3.63) is 28.5 Å². The van der Waals surface area contributed by atoms with Gasteiger partial charge in [-0.1, -0.05) is 12.8 Å². The van der Waals surface area contributed by atoms with Gasteiger partial charge in [-0.2, -0.15) is 5.10 Å². The third-order valence-electron chi connectivity index (χ3n) is 3.59. The summed E-state index contributed by atoms with van der Waals surface area (Å²) in [4.78, 5) is 16.7. The van der Waals surface area contributed by atoms with Crippen molar-refractivity contribution in [3.8, 4) is 0 Å². The van der Waals surface area contributed by atoms with E-state index in [4.69, 9.17) is 0 Å². The lowest BCUT2D eigenvalue weighted by molar-refractivity contribution is 0.236. The Labute approximate surface area is 121 Å². The first-order valence-corrected chi connectivity index (χ1v) is 7.56. The Balaban J connectivity index is 1.76. The van der Waals surface area contributed by atoms with Gasteiger partial charge in [-0.3, -0.25) is 5.10 Å². The number of urea groups is 1. The lowest BCUT2D eigenvalue weighted by Crippen LogP contribution is -2.45. The number of amides is 2. The Morgan fingerprint density at radius 1 is 1.45 bits per heavy atom. The second-order valence-electron chi connectivity index (χ2n) is 5.15. The average Bonchev–Trinajstić information content (AvgIpc) is 3.11. The summed E-state index contributed by atoms with van der Waals surface area (Å²) in [7, 11) is 0.